The van der Waals surface area contributed by atoms with Crippen molar-refractivity contribution >= 4 is 17.3 Å². The average molecular weight is 266 g/mol. The van der Waals surface area contributed by atoms with Crippen molar-refractivity contribution in [1.82, 2.24) is 0 Å². The Labute approximate surface area is 113 Å². The average Bonchev–Trinajstić information content (AvgIpc) is 2.85. The Morgan fingerprint density at radius 3 is 2.44 bits per heavy atom. The zero-order valence-electron chi connectivity index (χ0n) is 10.9. The van der Waals surface area contributed by atoms with Gasteiger partial charge in [0.25, 0.3) is 0 Å². The Balaban J connectivity index is 1.87. The molecule has 0 saturated carbocycles. The summed E-state index contributed by atoms with van der Waals surface area (Å²) in [6.45, 7) is 3.53. The lowest BCUT2D eigenvalue weighted by Crippen LogP contribution is -1.98. The molecule has 0 aliphatic heterocycles. The Bertz CT molecular complexity index is 355. The maximum atomic E-state index is 10.5. The van der Waals surface area contributed by atoms with E-state index >= 15 is 0 Å². The molecule has 0 atom stereocenters. The number of carbonyl (C=O) groups is 1. The molecule has 0 aliphatic rings. The molecule has 1 aromatic rings. The molecular formula is C15H22O2S. The first kappa shape index (κ1) is 15.0. The molecule has 0 fully saturated rings. The molecule has 0 amide bonds. The van der Waals surface area contributed by atoms with Gasteiger partial charge in [0.15, 0.2) is 0 Å². The van der Waals surface area contributed by atoms with E-state index in [1.54, 1.807) is 0 Å². The van der Waals surface area contributed by atoms with Gasteiger partial charge in [0.2, 0.25) is 0 Å². The van der Waals surface area contributed by atoms with Crippen LogP contribution >= 0.6 is 11.3 Å². The van der Waals surface area contributed by atoms with E-state index in [-0.39, 0.29) is 0 Å². The van der Waals surface area contributed by atoms with Crippen molar-refractivity contribution in [2.24, 2.45) is 0 Å². The Morgan fingerprint density at radius 1 is 1.17 bits per heavy atom. The molecule has 18 heavy (non-hydrogen) atoms. The Kier molecular flexibility index (Phi) is 7.42. The zero-order valence-corrected chi connectivity index (χ0v) is 11.7. The van der Waals surface area contributed by atoms with Gasteiger partial charge in [-0.05, 0) is 37.1 Å². The van der Waals surface area contributed by atoms with Crippen LogP contribution in [0.1, 0.15) is 49.8 Å². The number of hydrogen-bond donors (Lipinski definition) is 1. The van der Waals surface area contributed by atoms with E-state index in [0.29, 0.717) is 12.0 Å². The van der Waals surface area contributed by atoms with Crippen molar-refractivity contribution in [3.63, 3.8) is 0 Å². The SMILES string of the molecule is C=C(CCCCCCCCc1cccs1)C(=O)O. The Morgan fingerprint density at radius 2 is 1.83 bits per heavy atom. The lowest BCUT2D eigenvalue weighted by molar-refractivity contribution is -0.132. The van der Waals surface area contributed by atoms with Crippen LogP contribution in [0.3, 0.4) is 0 Å². The van der Waals surface area contributed by atoms with Crippen molar-refractivity contribution in [2.45, 2.75) is 51.4 Å². The second-order valence-corrected chi connectivity index (χ2v) is 5.64. The second kappa shape index (κ2) is 8.92. The smallest absolute Gasteiger partial charge is 0.330 e. The summed E-state index contributed by atoms with van der Waals surface area (Å²) < 4.78 is 0. The molecule has 0 aliphatic carbocycles. The minimum Gasteiger partial charge on any atom is -0.478 e. The number of aliphatic carboxylic acids is 1. The summed E-state index contributed by atoms with van der Waals surface area (Å²) in [5.41, 5.74) is 0.340. The summed E-state index contributed by atoms with van der Waals surface area (Å²) in [7, 11) is 0. The predicted octanol–water partition coefficient (Wildman–Crippen LogP) is 4.66. The molecule has 1 N–H and O–H groups in total. The third kappa shape index (κ3) is 6.60. The molecule has 0 saturated heterocycles. The summed E-state index contributed by atoms with van der Waals surface area (Å²) in [5, 5.41) is 10.8. The van der Waals surface area contributed by atoms with Crippen LogP contribution in [-0.2, 0) is 11.2 Å². The summed E-state index contributed by atoms with van der Waals surface area (Å²) in [6.07, 6.45) is 8.90. The largest absolute Gasteiger partial charge is 0.478 e. The van der Waals surface area contributed by atoms with Crippen LogP contribution in [0.5, 0.6) is 0 Å². The number of unbranched alkanes of at least 4 members (excludes halogenated alkanes) is 5. The monoisotopic (exact) mass is 266 g/mol. The molecule has 0 unspecified atom stereocenters. The van der Waals surface area contributed by atoms with E-state index in [1.807, 2.05) is 11.3 Å². The van der Waals surface area contributed by atoms with E-state index < -0.39 is 5.97 Å². The van der Waals surface area contributed by atoms with Crippen LogP contribution in [-0.4, -0.2) is 11.1 Å². The highest BCUT2D eigenvalue weighted by Crippen LogP contribution is 2.15. The van der Waals surface area contributed by atoms with Gasteiger partial charge in [-0.1, -0.05) is 38.3 Å². The summed E-state index contributed by atoms with van der Waals surface area (Å²) >= 11 is 1.84. The highest BCUT2D eigenvalue weighted by atomic mass is 32.1. The van der Waals surface area contributed by atoms with Crippen molar-refractivity contribution < 1.29 is 9.90 Å². The lowest BCUT2D eigenvalue weighted by Gasteiger charge is -2.02. The number of rotatable bonds is 10. The van der Waals surface area contributed by atoms with Crippen LogP contribution in [0.25, 0.3) is 0 Å². The van der Waals surface area contributed by atoms with Gasteiger partial charge in [0.05, 0.1) is 0 Å². The van der Waals surface area contributed by atoms with Crippen LogP contribution in [0, 0.1) is 0 Å². The van der Waals surface area contributed by atoms with Crippen LogP contribution in [0.4, 0.5) is 0 Å². The summed E-state index contributed by atoms with van der Waals surface area (Å²) in [6, 6.07) is 4.30. The number of carboxylic acids is 1. The van der Waals surface area contributed by atoms with Gasteiger partial charge in [-0.2, -0.15) is 0 Å². The van der Waals surface area contributed by atoms with Crippen molar-refractivity contribution in [3.05, 3.63) is 34.5 Å². The fourth-order valence-corrected chi connectivity index (χ4v) is 2.66. The van der Waals surface area contributed by atoms with Crippen LogP contribution < -0.4 is 0 Å². The van der Waals surface area contributed by atoms with E-state index in [4.69, 9.17) is 5.11 Å². The van der Waals surface area contributed by atoms with Crippen molar-refractivity contribution in [2.75, 3.05) is 0 Å². The molecule has 0 spiro atoms. The fourth-order valence-electron chi connectivity index (χ4n) is 1.91. The molecule has 1 aromatic heterocycles. The highest BCUT2D eigenvalue weighted by Gasteiger charge is 2.02. The first-order valence-corrected chi connectivity index (χ1v) is 7.51. The topological polar surface area (TPSA) is 37.3 Å². The first-order chi connectivity index (χ1) is 8.70. The van der Waals surface area contributed by atoms with Gasteiger partial charge in [-0.25, -0.2) is 4.79 Å². The highest BCUT2D eigenvalue weighted by molar-refractivity contribution is 7.09. The molecule has 1 heterocycles. The van der Waals surface area contributed by atoms with Gasteiger partial charge in [0.1, 0.15) is 0 Å². The molecule has 0 aromatic carbocycles. The van der Waals surface area contributed by atoms with E-state index in [2.05, 4.69) is 24.1 Å². The predicted molar refractivity (Wildman–Crippen MR) is 77.1 cm³/mol. The number of aryl methyl sites for hydroxylation is 1. The third-order valence-electron chi connectivity index (χ3n) is 3.03. The minimum absolute atomic E-state index is 0.340. The summed E-state index contributed by atoms with van der Waals surface area (Å²) in [5.74, 6) is -0.856. The van der Waals surface area contributed by atoms with E-state index in [9.17, 15) is 4.79 Å². The number of hydrogen-bond acceptors (Lipinski definition) is 2. The molecule has 2 nitrogen and oxygen atoms in total. The van der Waals surface area contributed by atoms with Gasteiger partial charge in [-0.3, -0.25) is 0 Å². The fraction of sp³-hybridized carbons (Fsp3) is 0.533. The van der Waals surface area contributed by atoms with Crippen LogP contribution in [0.15, 0.2) is 29.7 Å². The Hall–Kier alpha value is -1.09. The van der Waals surface area contributed by atoms with Gasteiger partial charge in [0, 0.05) is 10.5 Å². The van der Waals surface area contributed by atoms with Gasteiger partial charge in [-0.15, -0.1) is 11.3 Å². The van der Waals surface area contributed by atoms with Crippen LogP contribution in [0.2, 0.25) is 0 Å². The third-order valence-corrected chi connectivity index (χ3v) is 3.97. The molecular weight excluding hydrogens is 244 g/mol. The second-order valence-electron chi connectivity index (χ2n) is 4.61. The first-order valence-electron chi connectivity index (χ1n) is 6.63. The van der Waals surface area contributed by atoms with Crippen molar-refractivity contribution in [1.29, 1.82) is 0 Å². The van der Waals surface area contributed by atoms with Gasteiger partial charge >= 0.3 is 5.97 Å². The molecule has 100 valence electrons. The molecule has 3 heteroatoms. The van der Waals surface area contributed by atoms with E-state index in [1.165, 1.54) is 37.0 Å². The quantitative estimate of drug-likeness (QED) is 0.494. The maximum absolute atomic E-state index is 10.5. The van der Waals surface area contributed by atoms with Gasteiger partial charge < -0.3 is 5.11 Å². The van der Waals surface area contributed by atoms with E-state index in [0.717, 1.165) is 12.8 Å². The maximum Gasteiger partial charge on any atom is 0.330 e. The number of thiophene rings is 1. The minimum atomic E-state index is -0.856. The standard InChI is InChI=1S/C15H22O2S/c1-13(15(16)17)9-6-4-2-3-5-7-10-14-11-8-12-18-14/h8,11-12H,1-7,9-10H2,(H,16,17). The molecule has 0 bridgehead atoms. The molecule has 0 radical (unpaired) electrons. The number of carboxylic acid groups (broad SMARTS) is 1. The zero-order chi connectivity index (χ0) is 13.2. The van der Waals surface area contributed by atoms with Crippen molar-refractivity contribution in [3.8, 4) is 0 Å². The lowest BCUT2D eigenvalue weighted by atomic mass is 10.1. The summed E-state index contributed by atoms with van der Waals surface area (Å²) in [4.78, 5) is 12.0. The normalized spacial score (nSPS) is 10.4. The molecule has 1 rings (SSSR count).